The van der Waals surface area contributed by atoms with Crippen LogP contribution in [0.4, 0.5) is 0 Å². The van der Waals surface area contributed by atoms with Crippen LogP contribution >= 0.6 is 11.3 Å². The molecular formula is C27H28N2O4S. The quantitative estimate of drug-likeness (QED) is 0.506. The summed E-state index contributed by atoms with van der Waals surface area (Å²) in [5.74, 6) is 0.251. The van der Waals surface area contributed by atoms with Crippen LogP contribution in [-0.2, 0) is 9.53 Å². The number of fused-ring (bicyclic) bond motifs is 1. The zero-order valence-electron chi connectivity index (χ0n) is 20.0. The lowest BCUT2D eigenvalue weighted by Gasteiger charge is -2.24. The number of benzene rings is 2. The van der Waals surface area contributed by atoms with Crippen molar-refractivity contribution in [3.63, 3.8) is 0 Å². The minimum atomic E-state index is -0.611. The summed E-state index contributed by atoms with van der Waals surface area (Å²) in [5, 5.41) is 0. The highest BCUT2D eigenvalue weighted by Gasteiger charge is 2.33. The number of carbonyl (C=O) groups excluding carboxylic acids is 1. The number of esters is 1. The van der Waals surface area contributed by atoms with Gasteiger partial charge in [-0.25, -0.2) is 9.79 Å². The molecule has 0 aliphatic carbocycles. The maximum atomic E-state index is 13.7. The Balaban J connectivity index is 1.93. The number of ether oxygens (including phenoxy) is 2. The van der Waals surface area contributed by atoms with Gasteiger partial charge in [-0.15, -0.1) is 0 Å². The molecule has 34 heavy (non-hydrogen) atoms. The molecule has 7 heteroatoms. The van der Waals surface area contributed by atoms with Crippen LogP contribution in [0.2, 0.25) is 0 Å². The summed E-state index contributed by atoms with van der Waals surface area (Å²) in [5.41, 5.74) is 3.47. The number of allylic oxidation sites excluding steroid dienone is 1. The number of aryl methyl sites for hydroxylation is 1. The van der Waals surface area contributed by atoms with E-state index in [1.807, 2.05) is 75.4 Å². The van der Waals surface area contributed by atoms with E-state index < -0.39 is 12.0 Å². The van der Waals surface area contributed by atoms with Gasteiger partial charge in [0.2, 0.25) is 0 Å². The highest BCUT2D eigenvalue weighted by molar-refractivity contribution is 7.07. The second-order valence-corrected chi connectivity index (χ2v) is 9.43. The van der Waals surface area contributed by atoms with Crippen LogP contribution in [0, 0.1) is 6.92 Å². The molecule has 0 unspecified atom stereocenters. The second kappa shape index (κ2) is 9.81. The number of nitrogens with zero attached hydrogens (tertiary/aromatic N) is 2. The lowest BCUT2D eigenvalue weighted by atomic mass is 9.95. The molecule has 1 aliphatic heterocycles. The van der Waals surface area contributed by atoms with E-state index in [4.69, 9.17) is 9.47 Å². The Kier molecular flexibility index (Phi) is 6.84. The van der Waals surface area contributed by atoms with Crippen molar-refractivity contribution in [3.8, 4) is 5.75 Å². The summed E-state index contributed by atoms with van der Waals surface area (Å²) in [6.07, 6.45) is 1.84. The van der Waals surface area contributed by atoms with E-state index in [0.717, 1.165) is 16.7 Å². The van der Waals surface area contributed by atoms with Crippen molar-refractivity contribution in [2.75, 3.05) is 6.61 Å². The summed E-state index contributed by atoms with van der Waals surface area (Å²) in [6, 6.07) is 14.9. The van der Waals surface area contributed by atoms with Crippen molar-refractivity contribution >= 4 is 23.4 Å². The SMILES string of the molecule is CCOC(=O)C1=C(C)N=c2s/c(=C\c3ccccc3OC(C)C)c(=O)n2[C@@H]1c1ccc(C)cc1. The third-order valence-corrected chi connectivity index (χ3v) is 6.46. The first-order valence-electron chi connectivity index (χ1n) is 11.3. The minimum Gasteiger partial charge on any atom is -0.490 e. The molecule has 0 saturated carbocycles. The molecule has 3 aromatic rings. The van der Waals surface area contributed by atoms with Crippen molar-refractivity contribution in [3.05, 3.63) is 96.2 Å². The molecule has 0 saturated heterocycles. The van der Waals surface area contributed by atoms with Gasteiger partial charge in [-0.3, -0.25) is 9.36 Å². The maximum absolute atomic E-state index is 13.7. The van der Waals surface area contributed by atoms with E-state index in [1.54, 1.807) is 18.4 Å². The highest BCUT2D eigenvalue weighted by atomic mass is 32.1. The molecule has 0 radical (unpaired) electrons. The van der Waals surface area contributed by atoms with Crippen molar-refractivity contribution in [1.29, 1.82) is 0 Å². The van der Waals surface area contributed by atoms with Crippen LogP contribution in [0.15, 0.2) is 69.6 Å². The number of thiazole rings is 1. The molecule has 1 aliphatic rings. The number of hydrogen-bond donors (Lipinski definition) is 0. The smallest absolute Gasteiger partial charge is 0.338 e. The Labute approximate surface area is 202 Å². The van der Waals surface area contributed by atoms with E-state index in [0.29, 0.717) is 26.4 Å². The van der Waals surface area contributed by atoms with E-state index in [9.17, 15) is 9.59 Å². The van der Waals surface area contributed by atoms with Crippen LogP contribution in [0.3, 0.4) is 0 Å². The van der Waals surface area contributed by atoms with Crippen molar-refractivity contribution < 1.29 is 14.3 Å². The van der Waals surface area contributed by atoms with Crippen molar-refractivity contribution in [2.45, 2.75) is 46.8 Å². The molecule has 1 atom stereocenters. The third-order valence-electron chi connectivity index (χ3n) is 5.48. The second-order valence-electron chi connectivity index (χ2n) is 8.42. The topological polar surface area (TPSA) is 69.9 Å². The van der Waals surface area contributed by atoms with E-state index in [2.05, 4.69) is 4.99 Å². The number of aromatic nitrogens is 1. The Morgan fingerprint density at radius 2 is 1.85 bits per heavy atom. The van der Waals surface area contributed by atoms with Gasteiger partial charge in [0.15, 0.2) is 4.80 Å². The summed E-state index contributed by atoms with van der Waals surface area (Å²) in [7, 11) is 0. The van der Waals surface area contributed by atoms with Gasteiger partial charge in [-0.05, 0) is 52.3 Å². The molecule has 0 spiro atoms. The van der Waals surface area contributed by atoms with Crippen molar-refractivity contribution in [1.82, 2.24) is 4.57 Å². The maximum Gasteiger partial charge on any atom is 0.338 e. The van der Waals surface area contributed by atoms with E-state index in [1.165, 1.54) is 11.3 Å². The number of carbonyl (C=O) groups is 1. The van der Waals surface area contributed by atoms with Gasteiger partial charge in [0.05, 0.1) is 34.6 Å². The fourth-order valence-corrected chi connectivity index (χ4v) is 5.00. The first-order valence-corrected chi connectivity index (χ1v) is 12.1. The Morgan fingerprint density at radius 3 is 2.53 bits per heavy atom. The third kappa shape index (κ3) is 4.61. The first kappa shape index (κ1) is 23.7. The zero-order chi connectivity index (χ0) is 24.4. The van der Waals surface area contributed by atoms with Gasteiger partial charge < -0.3 is 9.47 Å². The van der Waals surface area contributed by atoms with E-state index in [-0.39, 0.29) is 18.3 Å². The molecule has 0 N–H and O–H groups in total. The number of hydrogen-bond acceptors (Lipinski definition) is 6. The zero-order valence-corrected chi connectivity index (χ0v) is 20.8. The Hall–Kier alpha value is -3.45. The Bertz CT molecular complexity index is 1430. The standard InChI is InChI=1S/C27H28N2O4S/c1-6-32-26(31)23-18(5)28-27-29(24(23)19-13-11-17(4)12-14-19)25(30)22(34-27)15-20-9-7-8-10-21(20)33-16(2)3/h7-16,24H,6H2,1-5H3/b22-15-/t24-/m1/s1. The molecule has 2 aromatic carbocycles. The van der Waals surface area contributed by atoms with Gasteiger partial charge >= 0.3 is 5.97 Å². The van der Waals surface area contributed by atoms with Crippen LogP contribution in [0.25, 0.3) is 6.08 Å². The summed E-state index contributed by atoms with van der Waals surface area (Å²) < 4.78 is 13.4. The van der Waals surface area contributed by atoms with Gasteiger partial charge in [-0.2, -0.15) is 0 Å². The number of rotatable bonds is 6. The summed E-state index contributed by atoms with van der Waals surface area (Å²) in [6.45, 7) is 9.72. The predicted molar refractivity (Wildman–Crippen MR) is 134 cm³/mol. The van der Waals surface area contributed by atoms with Crippen LogP contribution in [0.1, 0.15) is 50.4 Å². The number of para-hydroxylation sites is 1. The van der Waals surface area contributed by atoms with Crippen LogP contribution in [-0.4, -0.2) is 23.2 Å². The highest BCUT2D eigenvalue weighted by Crippen LogP contribution is 2.31. The van der Waals surface area contributed by atoms with Gasteiger partial charge in [-0.1, -0.05) is 59.4 Å². The average molecular weight is 477 g/mol. The largest absolute Gasteiger partial charge is 0.490 e. The fraction of sp³-hybridized carbons (Fsp3) is 0.296. The normalized spacial score (nSPS) is 15.8. The lowest BCUT2D eigenvalue weighted by Crippen LogP contribution is -2.39. The van der Waals surface area contributed by atoms with Crippen LogP contribution < -0.4 is 19.6 Å². The van der Waals surface area contributed by atoms with Gasteiger partial charge in [0.1, 0.15) is 5.75 Å². The molecule has 4 rings (SSSR count). The van der Waals surface area contributed by atoms with Gasteiger partial charge in [0, 0.05) is 5.56 Å². The monoisotopic (exact) mass is 476 g/mol. The predicted octanol–water partition coefficient (Wildman–Crippen LogP) is 3.89. The van der Waals surface area contributed by atoms with Crippen LogP contribution in [0.5, 0.6) is 5.75 Å². The molecule has 2 heterocycles. The van der Waals surface area contributed by atoms with E-state index >= 15 is 0 Å². The Morgan fingerprint density at radius 1 is 1.15 bits per heavy atom. The minimum absolute atomic E-state index is 0.00657. The molecule has 0 fully saturated rings. The van der Waals surface area contributed by atoms with Crippen molar-refractivity contribution in [2.24, 2.45) is 4.99 Å². The molecule has 0 bridgehead atoms. The molecular weight excluding hydrogens is 448 g/mol. The fourth-order valence-electron chi connectivity index (χ4n) is 3.96. The summed E-state index contributed by atoms with van der Waals surface area (Å²) in [4.78, 5) is 31.8. The average Bonchev–Trinajstić information content (AvgIpc) is 3.09. The lowest BCUT2D eigenvalue weighted by molar-refractivity contribution is -0.139. The molecule has 6 nitrogen and oxygen atoms in total. The first-order chi connectivity index (χ1) is 16.3. The molecule has 1 aromatic heterocycles. The summed E-state index contributed by atoms with van der Waals surface area (Å²) >= 11 is 1.30. The molecule has 0 amide bonds. The van der Waals surface area contributed by atoms with Gasteiger partial charge in [0.25, 0.3) is 5.56 Å². The molecule has 176 valence electrons.